The van der Waals surface area contributed by atoms with E-state index in [1.54, 1.807) is 7.11 Å². The average molecular weight is 189 g/mol. The van der Waals surface area contributed by atoms with Crippen molar-refractivity contribution in [2.75, 3.05) is 19.0 Å². The summed E-state index contributed by atoms with van der Waals surface area (Å²) in [6.45, 7) is 4.82. The van der Waals surface area contributed by atoms with Gasteiger partial charge in [0.2, 0.25) is 0 Å². The van der Waals surface area contributed by atoms with Gasteiger partial charge in [0, 0.05) is 17.8 Å². The van der Waals surface area contributed by atoms with Crippen LogP contribution in [0.5, 0.6) is 5.75 Å². The zero-order valence-electron chi connectivity index (χ0n) is 8.47. The van der Waals surface area contributed by atoms with Gasteiger partial charge in [-0.1, -0.05) is 6.08 Å². The van der Waals surface area contributed by atoms with Gasteiger partial charge in [-0.05, 0) is 30.5 Å². The van der Waals surface area contributed by atoms with Crippen molar-refractivity contribution in [1.29, 1.82) is 0 Å². The Morgan fingerprint density at radius 1 is 1.57 bits per heavy atom. The van der Waals surface area contributed by atoms with Gasteiger partial charge in [-0.15, -0.1) is 6.58 Å². The zero-order chi connectivity index (χ0) is 9.97. The number of anilines is 1. The van der Waals surface area contributed by atoms with Gasteiger partial charge in [-0.25, -0.2) is 0 Å². The van der Waals surface area contributed by atoms with Crippen LogP contribution in [0.25, 0.3) is 0 Å². The molecule has 2 heteroatoms. The Bertz CT molecular complexity index is 358. The van der Waals surface area contributed by atoms with Crippen molar-refractivity contribution in [3.8, 4) is 5.75 Å². The summed E-state index contributed by atoms with van der Waals surface area (Å²) in [5, 5.41) is 3.36. The lowest BCUT2D eigenvalue weighted by Gasteiger charge is -2.11. The maximum absolute atomic E-state index is 5.35. The lowest BCUT2D eigenvalue weighted by Crippen LogP contribution is -1.95. The molecule has 0 atom stereocenters. The molecule has 14 heavy (non-hydrogen) atoms. The summed E-state index contributed by atoms with van der Waals surface area (Å²) in [6.07, 6.45) is 3.90. The standard InChI is InChI=1S/C12H15NO/c1-3-4-10-9-7-8-13-11(9)5-6-12(10)14-2/h3,5-6,13H,1,4,7-8H2,2H3. The van der Waals surface area contributed by atoms with Crippen LogP contribution >= 0.6 is 0 Å². The molecule has 74 valence electrons. The second kappa shape index (κ2) is 3.74. The van der Waals surface area contributed by atoms with Crippen LogP contribution in [-0.4, -0.2) is 13.7 Å². The minimum Gasteiger partial charge on any atom is -0.496 e. The van der Waals surface area contributed by atoms with Crippen molar-refractivity contribution in [2.45, 2.75) is 12.8 Å². The quantitative estimate of drug-likeness (QED) is 0.737. The molecule has 2 rings (SSSR count). The fourth-order valence-corrected chi connectivity index (χ4v) is 2.00. The highest BCUT2D eigenvalue weighted by molar-refractivity contribution is 5.62. The van der Waals surface area contributed by atoms with Crippen LogP contribution in [0, 0.1) is 0 Å². The Balaban J connectivity index is 2.50. The first-order chi connectivity index (χ1) is 6.86. The number of fused-ring (bicyclic) bond motifs is 1. The minimum atomic E-state index is 0.883. The summed E-state index contributed by atoms with van der Waals surface area (Å²) in [7, 11) is 1.72. The number of hydrogen-bond acceptors (Lipinski definition) is 2. The van der Waals surface area contributed by atoms with Crippen molar-refractivity contribution in [3.63, 3.8) is 0 Å². The number of hydrogen-bond donors (Lipinski definition) is 1. The molecule has 1 aromatic carbocycles. The van der Waals surface area contributed by atoms with Gasteiger partial charge in [-0.3, -0.25) is 0 Å². The summed E-state index contributed by atoms with van der Waals surface area (Å²) in [5.74, 6) is 0.979. The number of allylic oxidation sites excluding steroid dienone is 1. The zero-order valence-corrected chi connectivity index (χ0v) is 8.47. The van der Waals surface area contributed by atoms with Gasteiger partial charge >= 0.3 is 0 Å². The van der Waals surface area contributed by atoms with Crippen molar-refractivity contribution in [1.82, 2.24) is 0 Å². The molecule has 1 aliphatic heterocycles. The number of rotatable bonds is 3. The van der Waals surface area contributed by atoms with E-state index in [1.807, 2.05) is 12.1 Å². The molecule has 0 aliphatic carbocycles. The van der Waals surface area contributed by atoms with Crippen LogP contribution in [0.3, 0.4) is 0 Å². The fraction of sp³-hybridized carbons (Fsp3) is 0.333. The third kappa shape index (κ3) is 1.37. The first-order valence-electron chi connectivity index (χ1n) is 4.90. The van der Waals surface area contributed by atoms with Crippen LogP contribution in [0.2, 0.25) is 0 Å². The number of methoxy groups -OCH3 is 1. The highest BCUT2D eigenvalue weighted by Crippen LogP contribution is 2.32. The summed E-state index contributed by atoms with van der Waals surface area (Å²) in [6, 6.07) is 4.11. The molecule has 1 N–H and O–H groups in total. The fourth-order valence-electron chi connectivity index (χ4n) is 2.00. The van der Waals surface area contributed by atoms with Gasteiger partial charge in [0.05, 0.1) is 7.11 Å². The third-order valence-electron chi connectivity index (χ3n) is 2.65. The Hall–Kier alpha value is -1.44. The van der Waals surface area contributed by atoms with Crippen LogP contribution < -0.4 is 10.1 Å². The molecule has 0 radical (unpaired) electrons. The molecule has 0 aromatic heterocycles. The second-order valence-electron chi connectivity index (χ2n) is 3.44. The Morgan fingerprint density at radius 3 is 3.14 bits per heavy atom. The molecule has 0 spiro atoms. The number of nitrogens with one attached hydrogen (secondary N) is 1. The smallest absolute Gasteiger partial charge is 0.122 e. The molecule has 0 fully saturated rings. The van der Waals surface area contributed by atoms with Crippen LogP contribution in [0.15, 0.2) is 24.8 Å². The number of ether oxygens (including phenoxy) is 1. The van der Waals surface area contributed by atoms with Gasteiger partial charge in [0.15, 0.2) is 0 Å². The van der Waals surface area contributed by atoms with E-state index in [2.05, 4.69) is 18.0 Å². The highest BCUT2D eigenvalue weighted by atomic mass is 16.5. The SMILES string of the molecule is C=CCc1c(OC)ccc2c1CCN2. The van der Waals surface area contributed by atoms with Crippen LogP contribution in [0.1, 0.15) is 11.1 Å². The van der Waals surface area contributed by atoms with Gasteiger partial charge < -0.3 is 10.1 Å². The summed E-state index contributed by atoms with van der Waals surface area (Å²) in [4.78, 5) is 0. The van der Waals surface area contributed by atoms with Gasteiger partial charge in [0.1, 0.15) is 5.75 Å². The maximum Gasteiger partial charge on any atom is 0.122 e. The largest absolute Gasteiger partial charge is 0.496 e. The minimum absolute atomic E-state index is 0.883. The van der Waals surface area contributed by atoms with E-state index in [9.17, 15) is 0 Å². The van der Waals surface area contributed by atoms with Crippen molar-refractivity contribution in [2.24, 2.45) is 0 Å². The molecule has 0 amide bonds. The monoisotopic (exact) mass is 189 g/mol. The van der Waals surface area contributed by atoms with Crippen LogP contribution in [0.4, 0.5) is 5.69 Å². The average Bonchev–Trinajstić information content (AvgIpc) is 2.67. The van der Waals surface area contributed by atoms with Gasteiger partial charge in [-0.2, -0.15) is 0 Å². The van der Waals surface area contributed by atoms with Crippen molar-refractivity contribution < 1.29 is 4.74 Å². The lowest BCUT2D eigenvalue weighted by atomic mass is 10.0. The molecule has 0 unspecified atom stereocenters. The molecule has 1 aromatic rings. The van der Waals surface area contributed by atoms with E-state index in [0.29, 0.717) is 0 Å². The lowest BCUT2D eigenvalue weighted by molar-refractivity contribution is 0.410. The predicted octanol–water partition coefficient (Wildman–Crippen LogP) is 2.39. The normalized spacial score (nSPS) is 13.2. The first-order valence-corrected chi connectivity index (χ1v) is 4.90. The predicted molar refractivity (Wildman–Crippen MR) is 59.1 cm³/mol. The Morgan fingerprint density at radius 2 is 2.43 bits per heavy atom. The summed E-state index contributed by atoms with van der Waals surface area (Å²) >= 11 is 0. The van der Waals surface area contributed by atoms with E-state index < -0.39 is 0 Å². The van der Waals surface area contributed by atoms with E-state index in [0.717, 1.165) is 25.1 Å². The van der Waals surface area contributed by atoms with E-state index in [-0.39, 0.29) is 0 Å². The third-order valence-corrected chi connectivity index (χ3v) is 2.65. The van der Waals surface area contributed by atoms with E-state index in [1.165, 1.54) is 16.8 Å². The molecule has 2 nitrogen and oxygen atoms in total. The molecule has 0 saturated heterocycles. The molecule has 0 saturated carbocycles. The number of benzene rings is 1. The van der Waals surface area contributed by atoms with Gasteiger partial charge in [0.25, 0.3) is 0 Å². The molecule has 0 bridgehead atoms. The molecular formula is C12H15NO. The summed E-state index contributed by atoms with van der Waals surface area (Å²) < 4.78 is 5.35. The Kier molecular flexibility index (Phi) is 2.44. The van der Waals surface area contributed by atoms with Crippen molar-refractivity contribution in [3.05, 3.63) is 35.9 Å². The van der Waals surface area contributed by atoms with E-state index in [4.69, 9.17) is 4.74 Å². The Labute approximate surface area is 84.6 Å². The van der Waals surface area contributed by atoms with Crippen molar-refractivity contribution >= 4 is 5.69 Å². The summed E-state index contributed by atoms with van der Waals surface area (Å²) in [5.41, 5.74) is 3.93. The highest BCUT2D eigenvalue weighted by Gasteiger charge is 2.16. The second-order valence-corrected chi connectivity index (χ2v) is 3.44. The van der Waals surface area contributed by atoms with Crippen LogP contribution in [-0.2, 0) is 12.8 Å². The maximum atomic E-state index is 5.35. The molecule has 1 aliphatic rings. The molecular weight excluding hydrogens is 174 g/mol. The molecule has 1 heterocycles. The van der Waals surface area contributed by atoms with E-state index >= 15 is 0 Å². The topological polar surface area (TPSA) is 21.3 Å². The first kappa shape index (κ1) is 9.13.